The van der Waals surface area contributed by atoms with E-state index in [1.807, 2.05) is 48.7 Å². The molecule has 0 aliphatic heterocycles. The summed E-state index contributed by atoms with van der Waals surface area (Å²) < 4.78 is 0. The molecular weight excluding hydrogens is 374 g/mol. The molecule has 4 N–H and O–H groups in total. The number of nitrogen functional groups attached to an aromatic ring is 1. The predicted octanol–water partition coefficient (Wildman–Crippen LogP) is 4.47. The second-order valence-electron chi connectivity index (χ2n) is 7.20. The maximum Gasteiger partial charge on any atom is 0.217 e. The first kappa shape index (κ1) is 23.1. The first-order valence-electron chi connectivity index (χ1n) is 10.6. The summed E-state index contributed by atoms with van der Waals surface area (Å²) in [4.78, 5) is 22.3. The molecule has 30 heavy (non-hydrogen) atoms. The van der Waals surface area contributed by atoms with Crippen LogP contribution in [-0.4, -0.2) is 23.7 Å². The van der Waals surface area contributed by atoms with E-state index in [9.17, 15) is 4.79 Å². The van der Waals surface area contributed by atoms with Crippen molar-refractivity contribution in [3.8, 4) is 0 Å². The number of carbonyl (C=O) groups is 1. The third-order valence-corrected chi connectivity index (χ3v) is 4.66. The number of anilines is 2. The van der Waals surface area contributed by atoms with Crippen molar-refractivity contribution in [1.29, 1.82) is 0 Å². The van der Waals surface area contributed by atoms with Crippen molar-refractivity contribution in [2.24, 2.45) is 10.7 Å². The topological polar surface area (TPSA) is 97.6 Å². The van der Waals surface area contributed by atoms with Crippen LogP contribution in [0.2, 0.25) is 0 Å². The quantitative estimate of drug-likeness (QED) is 0.291. The van der Waals surface area contributed by atoms with E-state index in [1.165, 1.54) is 5.56 Å². The van der Waals surface area contributed by atoms with Gasteiger partial charge in [-0.15, -0.1) is 0 Å². The number of allylic oxidation sites excluding steroid dienone is 1. The average molecular weight is 408 g/mol. The molecule has 160 valence electrons. The Kier molecular flexibility index (Phi) is 10.1. The predicted molar refractivity (Wildman–Crippen MR) is 125 cm³/mol. The van der Waals surface area contributed by atoms with Crippen molar-refractivity contribution in [3.63, 3.8) is 0 Å². The maximum absolute atomic E-state index is 10.9. The Hall–Kier alpha value is -3.15. The van der Waals surface area contributed by atoms with Gasteiger partial charge in [-0.25, -0.2) is 9.98 Å². The molecule has 0 aliphatic carbocycles. The van der Waals surface area contributed by atoms with Crippen molar-refractivity contribution < 1.29 is 4.79 Å². The van der Waals surface area contributed by atoms with Gasteiger partial charge in [0.1, 0.15) is 11.6 Å². The number of unbranched alkanes of at least 4 members (excludes halogenated alkanes) is 3. The molecule has 2 aromatic rings. The lowest BCUT2D eigenvalue weighted by atomic mass is 10.1. The summed E-state index contributed by atoms with van der Waals surface area (Å²) >= 11 is 0. The number of carbonyl (C=O) groups excluding carboxylic acids is 1. The van der Waals surface area contributed by atoms with Gasteiger partial charge in [-0.1, -0.05) is 38.0 Å². The number of benzene rings is 1. The van der Waals surface area contributed by atoms with Crippen LogP contribution < -0.4 is 16.4 Å². The first-order chi connectivity index (χ1) is 14.6. The van der Waals surface area contributed by atoms with Crippen molar-refractivity contribution in [1.82, 2.24) is 4.98 Å². The molecular formula is C24H33N5O. The van der Waals surface area contributed by atoms with E-state index in [2.05, 4.69) is 22.9 Å². The average Bonchev–Trinajstić information content (AvgIpc) is 2.75. The van der Waals surface area contributed by atoms with Gasteiger partial charge in [0, 0.05) is 31.1 Å². The Morgan fingerprint density at radius 2 is 1.87 bits per heavy atom. The van der Waals surface area contributed by atoms with Crippen LogP contribution in [0.25, 0.3) is 0 Å². The molecule has 0 spiro atoms. The van der Waals surface area contributed by atoms with E-state index in [1.54, 1.807) is 6.20 Å². The normalized spacial score (nSPS) is 11.7. The van der Waals surface area contributed by atoms with E-state index >= 15 is 0 Å². The van der Waals surface area contributed by atoms with Gasteiger partial charge in [-0.2, -0.15) is 0 Å². The number of nitrogens with two attached hydrogens (primary N) is 2. The van der Waals surface area contributed by atoms with Crippen LogP contribution in [0.3, 0.4) is 0 Å². The number of hydrogen-bond acceptors (Lipinski definition) is 5. The zero-order valence-corrected chi connectivity index (χ0v) is 17.8. The molecule has 6 heteroatoms. The number of nitrogens with zero attached hydrogens (tertiary/aromatic N) is 3. The lowest BCUT2D eigenvalue weighted by Gasteiger charge is -2.24. The molecule has 1 aromatic heterocycles. The third-order valence-electron chi connectivity index (χ3n) is 4.66. The van der Waals surface area contributed by atoms with Gasteiger partial charge in [0.05, 0.1) is 0 Å². The van der Waals surface area contributed by atoms with Crippen molar-refractivity contribution in [3.05, 3.63) is 66.1 Å². The number of aromatic nitrogens is 1. The molecule has 0 saturated carbocycles. The van der Waals surface area contributed by atoms with Crippen LogP contribution in [0.15, 0.2) is 65.6 Å². The molecule has 2 rings (SSSR count). The minimum Gasteiger partial charge on any atom is -0.399 e. The molecule has 0 saturated heterocycles. The van der Waals surface area contributed by atoms with E-state index in [0.29, 0.717) is 6.42 Å². The lowest BCUT2D eigenvalue weighted by Crippen LogP contribution is -2.24. The number of hydrogen-bond donors (Lipinski definition) is 2. The van der Waals surface area contributed by atoms with Crippen LogP contribution in [0.4, 0.5) is 11.5 Å². The summed E-state index contributed by atoms with van der Waals surface area (Å²) in [7, 11) is 0. The van der Waals surface area contributed by atoms with Crippen LogP contribution in [0.5, 0.6) is 0 Å². The van der Waals surface area contributed by atoms with Gasteiger partial charge in [-0.3, -0.25) is 4.79 Å². The number of pyridine rings is 1. The number of amides is 1. The Morgan fingerprint density at radius 3 is 2.53 bits per heavy atom. The summed E-state index contributed by atoms with van der Waals surface area (Å²) in [6.45, 7) is 2.88. The Balaban J connectivity index is 2.13. The molecule has 0 fully saturated rings. The highest BCUT2D eigenvalue weighted by Crippen LogP contribution is 2.20. The molecule has 1 amide bonds. The summed E-state index contributed by atoms with van der Waals surface area (Å²) in [6.07, 6.45) is 11.8. The van der Waals surface area contributed by atoms with E-state index < -0.39 is 0 Å². The van der Waals surface area contributed by atoms with Gasteiger partial charge in [-0.05, 0) is 61.6 Å². The maximum atomic E-state index is 10.9. The Morgan fingerprint density at radius 1 is 1.10 bits per heavy atom. The number of aliphatic imine (C=N–C) groups is 1. The van der Waals surface area contributed by atoms with Crippen molar-refractivity contribution >= 4 is 23.6 Å². The van der Waals surface area contributed by atoms with Crippen LogP contribution in [0, 0.1) is 0 Å². The smallest absolute Gasteiger partial charge is 0.217 e. The molecule has 1 heterocycles. The fourth-order valence-corrected chi connectivity index (χ4v) is 3.06. The van der Waals surface area contributed by atoms with Gasteiger partial charge < -0.3 is 16.4 Å². The van der Waals surface area contributed by atoms with Crippen LogP contribution in [-0.2, 0) is 11.2 Å². The number of rotatable bonds is 13. The fourth-order valence-electron chi connectivity index (χ4n) is 3.06. The van der Waals surface area contributed by atoms with Gasteiger partial charge in [0.2, 0.25) is 5.91 Å². The zero-order valence-electron chi connectivity index (χ0n) is 17.8. The highest BCUT2D eigenvalue weighted by molar-refractivity contribution is 5.73. The summed E-state index contributed by atoms with van der Waals surface area (Å²) in [5.41, 5.74) is 13.0. The SMILES string of the molecule is CC/C=N\C(=C/Cc1ccc(N)cc1)N(CCCCCCC(N)=O)c1ccccn1. The van der Waals surface area contributed by atoms with Crippen molar-refractivity contribution in [2.75, 3.05) is 17.2 Å². The summed E-state index contributed by atoms with van der Waals surface area (Å²) in [6, 6.07) is 13.8. The third kappa shape index (κ3) is 8.47. The Bertz CT molecular complexity index is 815. The van der Waals surface area contributed by atoms with Crippen LogP contribution >= 0.6 is 0 Å². The van der Waals surface area contributed by atoms with E-state index in [0.717, 1.165) is 62.4 Å². The number of primary amides is 1. The monoisotopic (exact) mass is 407 g/mol. The lowest BCUT2D eigenvalue weighted by molar-refractivity contribution is -0.118. The van der Waals surface area contributed by atoms with E-state index in [-0.39, 0.29) is 5.91 Å². The highest BCUT2D eigenvalue weighted by Gasteiger charge is 2.12. The highest BCUT2D eigenvalue weighted by atomic mass is 16.1. The zero-order chi connectivity index (χ0) is 21.6. The summed E-state index contributed by atoms with van der Waals surface area (Å²) in [5, 5.41) is 0. The Labute approximate surface area is 179 Å². The molecule has 0 aliphatic rings. The largest absolute Gasteiger partial charge is 0.399 e. The fraction of sp³-hybridized carbons (Fsp3) is 0.375. The first-order valence-corrected chi connectivity index (χ1v) is 10.6. The standard InChI is InChI=1S/C24H33N5O/c1-2-17-27-24(16-13-20-11-14-21(25)15-12-20)29(23-10-6-7-18-28-23)19-8-4-3-5-9-22(26)30/h6-7,10-12,14-18H,2-5,8-9,13,19,25H2,1H3,(H2,26,30)/b24-16+,27-17-. The molecule has 0 radical (unpaired) electrons. The molecule has 0 unspecified atom stereocenters. The molecule has 6 nitrogen and oxygen atoms in total. The molecule has 0 bridgehead atoms. The minimum absolute atomic E-state index is 0.230. The minimum atomic E-state index is -0.230. The van der Waals surface area contributed by atoms with Crippen LogP contribution in [0.1, 0.15) is 51.0 Å². The van der Waals surface area contributed by atoms with E-state index in [4.69, 9.17) is 16.5 Å². The molecule has 0 atom stereocenters. The van der Waals surface area contributed by atoms with Gasteiger partial charge >= 0.3 is 0 Å². The van der Waals surface area contributed by atoms with Gasteiger partial charge in [0.15, 0.2) is 0 Å². The second kappa shape index (κ2) is 13.1. The van der Waals surface area contributed by atoms with Gasteiger partial charge in [0.25, 0.3) is 0 Å². The van der Waals surface area contributed by atoms with Crippen molar-refractivity contribution in [2.45, 2.75) is 51.9 Å². The molecule has 1 aromatic carbocycles. The summed E-state index contributed by atoms with van der Waals surface area (Å²) in [5.74, 6) is 1.54. The second-order valence-corrected chi connectivity index (χ2v) is 7.20.